The Kier molecular flexibility index (Phi) is 8.93. The molecular weight excluding hydrogens is 532 g/mol. The van der Waals surface area contributed by atoms with Gasteiger partial charge in [-0.25, -0.2) is 0 Å². The van der Waals surface area contributed by atoms with E-state index in [1.807, 2.05) is 89.6 Å². The first-order chi connectivity index (χ1) is 20.4. The number of carbonyl (C=O) groups is 2. The predicted octanol–water partition coefficient (Wildman–Crippen LogP) is 3.63. The van der Waals surface area contributed by atoms with Crippen LogP contribution in [-0.4, -0.2) is 50.4 Å². The Morgan fingerprint density at radius 1 is 0.881 bits per heavy atom. The molecule has 0 saturated carbocycles. The number of aromatic nitrogens is 4. The molecule has 0 bridgehead atoms. The number of hydrogen-bond acceptors (Lipinski definition) is 6. The summed E-state index contributed by atoms with van der Waals surface area (Å²) in [6.45, 7) is 1.20. The van der Waals surface area contributed by atoms with E-state index >= 15 is 0 Å². The lowest BCUT2D eigenvalue weighted by molar-refractivity contribution is -0.124. The Morgan fingerprint density at radius 3 is 2.21 bits per heavy atom. The molecule has 0 spiro atoms. The van der Waals surface area contributed by atoms with Gasteiger partial charge in [0.2, 0.25) is 11.8 Å². The Morgan fingerprint density at radius 2 is 1.55 bits per heavy atom. The zero-order chi connectivity index (χ0) is 29.5. The van der Waals surface area contributed by atoms with E-state index in [4.69, 9.17) is 4.74 Å². The minimum Gasteiger partial charge on any atom is -0.497 e. The van der Waals surface area contributed by atoms with E-state index in [2.05, 4.69) is 25.8 Å². The second kappa shape index (κ2) is 13.1. The summed E-state index contributed by atoms with van der Waals surface area (Å²) in [4.78, 5) is 28.2. The standard InChI is InChI=1S/C32H34N6O4/c1-21(40)34-28(16-22-8-4-3-5-9-22)31-36-37-32(38(31)19-23-12-14-25(42-2)15-13-23)29(35-30(41)20-39)17-24-18-33-27-11-7-6-10-26(24)27/h3-15,18,28-29,33,39H,16-17,19-20H2,1-2H3,(H,34,40)(H,35,41)/t28-,29-/m1/s1. The number of hydrogen-bond donors (Lipinski definition) is 4. The maximum atomic E-state index is 12.6. The van der Waals surface area contributed by atoms with Crippen molar-refractivity contribution in [3.63, 3.8) is 0 Å². The molecule has 0 unspecified atom stereocenters. The molecule has 0 fully saturated rings. The number of aromatic amines is 1. The molecular formula is C32H34N6O4. The van der Waals surface area contributed by atoms with Crippen LogP contribution in [0.1, 0.15) is 47.3 Å². The monoisotopic (exact) mass is 566 g/mol. The number of H-pyrrole nitrogens is 1. The Bertz CT molecular complexity index is 1640. The van der Waals surface area contributed by atoms with Gasteiger partial charge in [0.1, 0.15) is 12.4 Å². The molecule has 3 aromatic carbocycles. The Balaban J connectivity index is 1.60. The molecule has 2 amide bonds. The quantitative estimate of drug-likeness (QED) is 0.182. The van der Waals surface area contributed by atoms with Crippen LogP contribution in [0.15, 0.2) is 85.1 Å². The van der Waals surface area contributed by atoms with Gasteiger partial charge in [0.25, 0.3) is 0 Å². The van der Waals surface area contributed by atoms with E-state index in [1.54, 1.807) is 7.11 Å². The highest BCUT2D eigenvalue weighted by Crippen LogP contribution is 2.27. The fourth-order valence-corrected chi connectivity index (χ4v) is 5.19. The van der Waals surface area contributed by atoms with Crippen molar-refractivity contribution in [1.29, 1.82) is 0 Å². The molecule has 0 radical (unpaired) electrons. The third-order valence-electron chi connectivity index (χ3n) is 7.17. The van der Waals surface area contributed by atoms with E-state index in [1.165, 1.54) is 6.92 Å². The molecule has 5 aromatic rings. The maximum Gasteiger partial charge on any atom is 0.246 e. The first-order valence-corrected chi connectivity index (χ1v) is 13.8. The highest BCUT2D eigenvalue weighted by molar-refractivity contribution is 5.83. The lowest BCUT2D eigenvalue weighted by Gasteiger charge is -2.23. The number of nitrogens with one attached hydrogen (secondary N) is 3. The van der Waals surface area contributed by atoms with E-state index in [9.17, 15) is 14.7 Å². The molecule has 0 aliphatic carbocycles. The zero-order valence-corrected chi connectivity index (χ0v) is 23.6. The topological polar surface area (TPSA) is 134 Å². The number of aliphatic hydroxyl groups excluding tert-OH is 1. The van der Waals surface area contributed by atoms with Crippen molar-refractivity contribution >= 4 is 22.7 Å². The molecule has 4 N–H and O–H groups in total. The van der Waals surface area contributed by atoms with Gasteiger partial charge in [0.05, 0.1) is 25.7 Å². The number of para-hydroxylation sites is 1. The summed E-state index contributed by atoms with van der Waals surface area (Å²) in [7, 11) is 1.62. The van der Waals surface area contributed by atoms with Crippen LogP contribution < -0.4 is 15.4 Å². The number of ether oxygens (including phenoxy) is 1. The predicted molar refractivity (Wildman–Crippen MR) is 159 cm³/mol. The van der Waals surface area contributed by atoms with Gasteiger partial charge in [-0.2, -0.15) is 0 Å². The van der Waals surface area contributed by atoms with Gasteiger partial charge < -0.3 is 30.0 Å². The fourth-order valence-electron chi connectivity index (χ4n) is 5.19. The summed E-state index contributed by atoms with van der Waals surface area (Å²) in [6.07, 6.45) is 2.82. The highest BCUT2D eigenvalue weighted by Gasteiger charge is 2.28. The molecule has 0 aliphatic heterocycles. The highest BCUT2D eigenvalue weighted by atomic mass is 16.5. The van der Waals surface area contributed by atoms with Gasteiger partial charge in [-0.1, -0.05) is 60.7 Å². The average Bonchev–Trinajstić information content (AvgIpc) is 3.61. The fraction of sp³-hybridized carbons (Fsp3) is 0.250. The molecule has 216 valence electrons. The van der Waals surface area contributed by atoms with Crippen molar-refractivity contribution in [3.8, 4) is 5.75 Å². The van der Waals surface area contributed by atoms with E-state index < -0.39 is 24.6 Å². The van der Waals surface area contributed by atoms with Crippen LogP contribution in [-0.2, 0) is 29.0 Å². The first-order valence-electron chi connectivity index (χ1n) is 13.8. The van der Waals surface area contributed by atoms with Crippen LogP contribution >= 0.6 is 0 Å². The smallest absolute Gasteiger partial charge is 0.246 e. The Labute approximate surface area is 243 Å². The number of rotatable bonds is 12. The lowest BCUT2D eigenvalue weighted by atomic mass is 10.0. The lowest BCUT2D eigenvalue weighted by Crippen LogP contribution is -2.35. The van der Waals surface area contributed by atoms with Crippen molar-refractivity contribution < 1.29 is 19.4 Å². The number of aliphatic hydroxyl groups is 1. The SMILES string of the molecule is COc1ccc(Cn2c([C@@H](Cc3ccccc3)NC(C)=O)nnc2[C@@H](Cc2c[nH]c3ccccc23)NC(=O)CO)cc1. The number of fused-ring (bicyclic) bond motifs is 1. The molecule has 2 atom stereocenters. The zero-order valence-electron chi connectivity index (χ0n) is 23.6. The van der Waals surface area contributed by atoms with Crippen LogP contribution in [0, 0.1) is 0 Å². The van der Waals surface area contributed by atoms with Crippen LogP contribution in [0.4, 0.5) is 0 Å². The first kappa shape index (κ1) is 28.6. The van der Waals surface area contributed by atoms with Crippen molar-refractivity contribution in [2.24, 2.45) is 0 Å². The molecule has 2 aromatic heterocycles. The normalized spacial score (nSPS) is 12.5. The summed E-state index contributed by atoms with van der Waals surface area (Å²) in [5.41, 5.74) is 3.95. The number of methoxy groups -OCH3 is 1. The Hall–Kier alpha value is -4.96. The molecule has 10 nitrogen and oxygen atoms in total. The number of nitrogens with zero attached hydrogens (tertiary/aromatic N) is 3. The van der Waals surface area contributed by atoms with Crippen molar-refractivity contribution in [3.05, 3.63) is 113 Å². The maximum absolute atomic E-state index is 12.6. The molecule has 42 heavy (non-hydrogen) atoms. The largest absolute Gasteiger partial charge is 0.497 e. The third-order valence-corrected chi connectivity index (χ3v) is 7.17. The molecule has 2 heterocycles. The van der Waals surface area contributed by atoms with E-state index in [0.29, 0.717) is 31.0 Å². The van der Waals surface area contributed by atoms with Gasteiger partial charge in [-0.3, -0.25) is 9.59 Å². The van der Waals surface area contributed by atoms with E-state index in [-0.39, 0.29) is 5.91 Å². The number of benzene rings is 3. The summed E-state index contributed by atoms with van der Waals surface area (Å²) < 4.78 is 7.28. The average molecular weight is 567 g/mol. The third kappa shape index (κ3) is 6.67. The minimum absolute atomic E-state index is 0.194. The van der Waals surface area contributed by atoms with Crippen molar-refractivity contribution in [2.75, 3.05) is 13.7 Å². The van der Waals surface area contributed by atoms with Gasteiger partial charge in [-0.05, 0) is 41.3 Å². The number of amides is 2. The van der Waals surface area contributed by atoms with Crippen molar-refractivity contribution in [1.82, 2.24) is 30.4 Å². The summed E-state index contributed by atoms with van der Waals surface area (Å²) >= 11 is 0. The van der Waals surface area contributed by atoms with Crippen LogP contribution in [0.25, 0.3) is 10.9 Å². The van der Waals surface area contributed by atoms with E-state index in [0.717, 1.165) is 33.3 Å². The summed E-state index contributed by atoms with van der Waals surface area (Å²) in [6, 6.07) is 24.4. The number of carbonyl (C=O) groups excluding carboxylic acids is 2. The summed E-state index contributed by atoms with van der Waals surface area (Å²) in [5, 5.41) is 25.8. The molecule has 5 rings (SSSR count). The van der Waals surface area contributed by atoms with Crippen LogP contribution in [0.5, 0.6) is 5.75 Å². The molecule has 10 heteroatoms. The minimum atomic E-state index is -0.660. The molecule has 0 aliphatic rings. The van der Waals surface area contributed by atoms with Crippen molar-refractivity contribution in [2.45, 2.75) is 38.4 Å². The van der Waals surface area contributed by atoms with Crippen LogP contribution in [0.3, 0.4) is 0 Å². The van der Waals surface area contributed by atoms with Gasteiger partial charge >= 0.3 is 0 Å². The van der Waals surface area contributed by atoms with Gasteiger partial charge in [-0.15, -0.1) is 10.2 Å². The summed E-state index contributed by atoms with van der Waals surface area (Å²) in [5.74, 6) is 1.08. The second-order valence-electron chi connectivity index (χ2n) is 10.1. The van der Waals surface area contributed by atoms with Gasteiger partial charge in [0.15, 0.2) is 11.6 Å². The van der Waals surface area contributed by atoms with Crippen LogP contribution in [0.2, 0.25) is 0 Å². The second-order valence-corrected chi connectivity index (χ2v) is 10.1. The molecule has 0 saturated heterocycles. The van der Waals surface area contributed by atoms with Gasteiger partial charge in [0, 0.05) is 30.4 Å².